The van der Waals surface area contributed by atoms with Gasteiger partial charge in [-0.2, -0.15) is 0 Å². The fraction of sp³-hybridized carbons (Fsp3) is 0.370. The summed E-state index contributed by atoms with van der Waals surface area (Å²) < 4.78 is 16.5. The number of morpholine rings is 1. The average Bonchev–Trinajstić information content (AvgIpc) is 3.21. The Kier molecular flexibility index (Phi) is 8.66. The number of benzene rings is 2. The minimum absolute atomic E-state index is 0.0382. The SMILES string of the molecule is CCCOc1ccc(/C=C2/SC(=Nc3cccc(C(=O)N4CCOCC4)c3)N(CC)C2=O)cc1OC. The van der Waals surface area contributed by atoms with Gasteiger partial charge in [0.15, 0.2) is 16.7 Å². The quantitative estimate of drug-likeness (QED) is 0.485. The molecule has 0 spiro atoms. The molecule has 4 rings (SSSR count). The standard InChI is InChI=1S/C27H31N3O5S/c1-4-13-35-22-10-9-19(16-23(22)33-3)17-24-26(32)30(5-2)27(36-24)28-21-8-6-7-20(18-21)25(31)29-11-14-34-15-12-29/h6-10,16-18H,4-5,11-15H2,1-3H3/b24-17+,28-27?. The topological polar surface area (TPSA) is 80.7 Å². The number of likely N-dealkylation sites (N-methyl/N-ethyl adjacent to an activating group) is 1. The van der Waals surface area contributed by atoms with E-state index < -0.39 is 0 Å². The summed E-state index contributed by atoms with van der Waals surface area (Å²) in [4.78, 5) is 34.7. The Bertz CT molecular complexity index is 1170. The molecule has 2 fully saturated rings. The summed E-state index contributed by atoms with van der Waals surface area (Å²) in [6.07, 6.45) is 2.74. The van der Waals surface area contributed by atoms with Crippen LogP contribution in [0.25, 0.3) is 6.08 Å². The molecule has 0 unspecified atom stereocenters. The van der Waals surface area contributed by atoms with E-state index in [0.717, 1.165) is 12.0 Å². The number of carbonyl (C=O) groups excluding carboxylic acids is 2. The molecule has 36 heavy (non-hydrogen) atoms. The molecular formula is C27H31N3O5S. The van der Waals surface area contributed by atoms with E-state index in [1.807, 2.05) is 50.3 Å². The number of carbonyl (C=O) groups is 2. The maximum Gasteiger partial charge on any atom is 0.266 e. The van der Waals surface area contributed by atoms with E-state index in [0.29, 0.717) is 72.3 Å². The summed E-state index contributed by atoms with van der Waals surface area (Å²) in [7, 11) is 1.60. The summed E-state index contributed by atoms with van der Waals surface area (Å²) in [5, 5.41) is 0.583. The summed E-state index contributed by atoms with van der Waals surface area (Å²) in [5.41, 5.74) is 2.04. The van der Waals surface area contributed by atoms with Crippen molar-refractivity contribution in [3.05, 3.63) is 58.5 Å². The number of nitrogens with zero attached hydrogens (tertiary/aromatic N) is 3. The summed E-state index contributed by atoms with van der Waals surface area (Å²) in [5.74, 6) is 1.16. The molecule has 2 saturated heterocycles. The van der Waals surface area contributed by atoms with E-state index in [4.69, 9.17) is 19.2 Å². The molecule has 2 aromatic carbocycles. The summed E-state index contributed by atoms with van der Waals surface area (Å²) in [6.45, 7) is 7.31. The first-order valence-corrected chi connectivity index (χ1v) is 12.9. The number of aliphatic imine (C=N–C) groups is 1. The third-order valence-corrected chi connectivity index (χ3v) is 6.77. The van der Waals surface area contributed by atoms with Crippen LogP contribution >= 0.6 is 11.8 Å². The second-order valence-corrected chi connectivity index (χ2v) is 9.28. The molecule has 0 aliphatic carbocycles. The summed E-state index contributed by atoms with van der Waals surface area (Å²) >= 11 is 1.32. The lowest BCUT2D eigenvalue weighted by Crippen LogP contribution is -2.40. The molecule has 2 amide bonds. The minimum atomic E-state index is -0.105. The van der Waals surface area contributed by atoms with E-state index in [1.165, 1.54) is 11.8 Å². The van der Waals surface area contributed by atoms with Crippen molar-refractivity contribution in [3.63, 3.8) is 0 Å². The third-order valence-electron chi connectivity index (χ3n) is 5.77. The zero-order valence-corrected chi connectivity index (χ0v) is 21.7. The van der Waals surface area contributed by atoms with Crippen molar-refractivity contribution in [3.8, 4) is 11.5 Å². The Morgan fingerprint density at radius 2 is 1.94 bits per heavy atom. The number of thioether (sulfide) groups is 1. The van der Waals surface area contributed by atoms with Crippen molar-refractivity contribution in [2.24, 2.45) is 4.99 Å². The molecule has 2 heterocycles. The molecule has 0 bridgehead atoms. The minimum Gasteiger partial charge on any atom is -0.493 e. The van der Waals surface area contributed by atoms with Gasteiger partial charge >= 0.3 is 0 Å². The van der Waals surface area contributed by atoms with Crippen molar-refractivity contribution in [2.75, 3.05) is 46.6 Å². The number of hydrogen-bond donors (Lipinski definition) is 0. The molecule has 9 heteroatoms. The predicted molar refractivity (Wildman–Crippen MR) is 142 cm³/mol. The van der Waals surface area contributed by atoms with Gasteiger partial charge in [0.05, 0.1) is 37.5 Å². The molecule has 0 radical (unpaired) electrons. The lowest BCUT2D eigenvalue weighted by Gasteiger charge is -2.26. The maximum absolute atomic E-state index is 13.1. The second kappa shape index (κ2) is 12.1. The molecule has 2 aliphatic heterocycles. The smallest absolute Gasteiger partial charge is 0.266 e. The largest absolute Gasteiger partial charge is 0.493 e. The van der Waals surface area contributed by atoms with Crippen LogP contribution in [0.1, 0.15) is 36.2 Å². The first-order valence-electron chi connectivity index (χ1n) is 12.1. The van der Waals surface area contributed by atoms with Crippen LogP contribution in [0.15, 0.2) is 52.4 Å². The number of amides is 2. The fourth-order valence-electron chi connectivity index (χ4n) is 3.89. The molecule has 0 N–H and O–H groups in total. The van der Waals surface area contributed by atoms with E-state index in [2.05, 4.69) is 0 Å². The number of ether oxygens (including phenoxy) is 3. The van der Waals surface area contributed by atoms with Crippen LogP contribution in [0.5, 0.6) is 11.5 Å². The third kappa shape index (κ3) is 5.91. The molecule has 190 valence electrons. The van der Waals surface area contributed by atoms with Crippen molar-refractivity contribution >= 4 is 40.5 Å². The van der Waals surface area contributed by atoms with Crippen molar-refractivity contribution in [1.29, 1.82) is 0 Å². The van der Waals surface area contributed by atoms with E-state index in [9.17, 15) is 9.59 Å². The fourth-order valence-corrected chi connectivity index (χ4v) is 4.96. The van der Waals surface area contributed by atoms with Crippen molar-refractivity contribution < 1.29 is 23.8 Å². The first-order chi connectivity index (χ1) is 17.5. The van der Waals surface area contributed by atoms with Gasteiger partial charge in [0, 0.05) is 25.2 Å². The van der Waals surface area contributed by atoms with Crippen LogP contribution in [0.2, 0.25) is 0 Å². The number of hydrogen-bond acceptors (Lipinski definition) is 7. The normalized spacial score (nSPS) is 18.2. The number of amidine groups is 1. The first kappa shape index (κ1) is 25.8. The van der Waals surface area contributed by atoms with E-state index in [-0.39, 0.29) is 11.8 Å². The number of methoxy groups -OCH3 is 1. The van der Waals surface area contributed by atoms with Crippen LogP contribution in [0, 0.1) is 0 Å². The van der Waals surface area contributed by atoms with Gasteiger partial charge in [-0.25, -0.2) is 4.99 Å². The van der Waals surface area contributed by atoms with Crippen LogP contribution < -0.4 is 9.47 Å². The van der Waals surface area contributed by atoms with Gasteiger partial charge in [0.2, 0.25) is 0 Å². The molecule has 0 saturated carbocycles. The zero-order chi connectivity index (χ0) is 25.5. The van der Waals surface area contributed by atoms with Gasteiger partial charge in [-0.3, -0.25) is 14.5 Å². The lowest BCUT2D eigenvalue weighted by atomic mass is 10.1. The van der Waals surface area contributed by atoms with Crippen molar-refractivity contribution in [2.45, 2.75) is 20.3 Å². The molecular weight excluding hydrogens is 478 g/mol. The Balaban J connectivity index is 1.56. The van der Waals surface area contributed by atoms with Gasteiger partial charge < -0.3 is 19.1 Å². The lowest BCUT2D eigenvalue weighted by molar-refractivity contribution is -0.122. The highest BCUT2D eigenvalue weighted by molar-refractivity contribution is 8.18. The Hall–Kier alpha value is -3.30. The molecule has 2 aromatic rings. The maximum atomic E-state index is 13.1. The van der Waals surface area contributed by atoms with Gasteiger partial charge in [-0.15, -0.1) is 0 Å². The molecule has 8 nitrogen and oxygen atoms in total. The Labute approximate surface area is 215 Å². The number of rotatable bonds is 8. The molecule has 2 aliphatic rings. The van der Waals surface area contributed by atoms with Crippen LogP contribution in [0.4, 0.5) is 5.69 Å². The average molecular weight is 510 g/mol. The van der Waals surface area contributed by atoms with Crippen LogP contribution in [-0.2, 0) is 9.53 Å². The van der Waals surface area contributed by atoms with E-state index in [1.54, 1.807) is 29.0 Å². The second-order valence-electron chi connectivity index (χ2n) is 8.27. The highest BCUT2D eigenvalue weighted by Crippen LogP contribution is 2.36. The van der Waals surface area contributed by atoms with Gasteiger partial charge in [-0.05, 0) is 67.1 Å². The molecule has 0 aromatic heterocycles. The highest BCUT2D eigenvalue weighted by Gasteiger charge is 2.32. The summed E-state index contributed by atoms with van der Waals surface area (Å²) in [6, 6.07) is 12.8. The Morgan fingerprint density at radius 3 is 2.67 bits per heavy atom. The van der Waals surface area contributed by atoms with Gasteiger partial charge in [-0.1, -0.05) is 19.1 Å². The Morgan fingerprint density at radius 1 is 1.14 bits per heavy atom. The zero-order valence-electron chi connectivity index (χ0n) is 20.9. The monoisotopic (exact) mass is 509 g/mol. The van der Waals surface area contributed by atoms with Crippen LogP contribution in [0.3, 0.4) is 0 Å². The molecule has 0 atom stereocenters. The predicted octanol–water partition coefficient (Wildman–Crippen LogP) is 4.58. The van der Waals surface area contributed by atoms with Gasteiger partial charge in [0.1, 0.15) is 0 Å². The van der Waals surface area contributed by atoms with E-state index >= 15 is 0 Å². The van der Waals surface area contributed by atoms with Crippen molar-refractivity contribution in [1.82, 2.24) is 9.80 Å². The highest BCUT2D eigenvalue weighted by atomic mass is 32.2. The van der Waals surface area contributed by atoms with Crippen LogP contribution in [-0.4, -0.2) is 73.3 Å². The van der Waals surface area contributed by atoms with Gasteiger partial charge in [0.25, 0.3) is 11.8 Å².